The van der Waals surface area contributed by atoms with Crippen molar-refractivity contribution in [2.45, 2.75) is 82.5 Å². The van der Waals surface area contributed by atoms with Crippen LogP contribution in [-0.4, -0.2) is 47.3 Å². The molecule has 23 heavy (non-hydrogen) atoms. The van der Waals surface area contributed by atoms with Crippen LogP contribution < -0.4 is 5.32 Å². The van der Waals surface area contributed by atoms with E-state index < -0.39 is 0 Å². The summed E-state index contributed by atoms with van der Waals surface area (Å²) >= 11 is 0. The molecular weight excluding hydrogens is 288 g/mol. The molecule has 3 atom stereocenters. The molecule has 4 nitrogen and oxygen atoms in total. The van der Waals surface area contributed by atoms with Crippen molar-refractivity contribution in [3.8, 4) is 0 Å². The predicted octanol–water partition coefficient (Wildman–Crippen LogP) is 2.96. The lowest BCUT2D eigenvalue weighted by atomic mass is 9.89. The van der Waals surface area contributed by atoms with Gasteiger partial charge in [0.15, 0.2) is 0 Å². The molecule has 0 unspecified atom stereocenters. The fourth-order valence-electron chi connectivity index (χ4n) is 4.21. The van der Waals surface area contributed by atoms with Gasteiger partial charge in [-0.25, -0.2) is 0 Å². The number of aliphatic hydroxyl groups is 1. The van der Waals surface area contributed by atoms with Crippen LogP contribution in [0.2, 0.25) is 0 Å². The van der Waals surface area contributed by atoms with Gasteiger partial charge in [-0.2, -0.15) is 0 Å². The van der Waals surface area contributed by atoms with E-state index in [1.807, 2.05) is 6.07 Å². The third-order valence-electron chi connectivity index (χ3n) is 5.62. The molecule has 0 bridgehead atoms. The van der Waals surface area contributed by atoms with E-state index in [1.165, 1.54) is 32.1 Å². The van der Waals surface area contributed by atoms with Gasteiger partial charge in [0, 0.05) is 37.6 Å². The van der Waals surface area contributed by atoms with Crippen molar-refractivity contribution in [2.24, 2.45) is 0 Å². The summed E-state index contributed by atoms with van der Waals surface area (Å²) in [5, 5.41) is 14.0. The fraction of sp³-hybridized carbons (Fsp3) is 0.789. The number of nitrogens with one attached hydrogen (secondary N) is 1. The lowest BCUT2D eigenvalue weighted by Gasteiger charge is -2.42. The monoisotopic (exact) mass is 320 g/mol. The van der Waals surface area contributed by atoms with Gasteiger partial charge < -0.3 is 14.8 Å². The van der Waals surface area contributed by atoms with Crippen LogP contribution in [0.5, 0.6) is 0 Å². The summed E-state index contributed by atoms with van der Waals surface area (Å²) in [5.74, 6) is 1.08. The van der Waals surface area contributed by atoms with Crippen molar-refractivity contribution in [3.63, 3.8) is 0 Å². The molecule has 2 fully saturated rings. The molecule has 3 rings (SSSR count). The molecular formula is C19H32N2O2. The van der Waals surface area contributed by atoms with E-state index in [0.717, 1.165) is 38.1 Å². The number of rotatable bonds is 6. The second-order valence-electron chi connectivity index (χ2n) is 7.42. The smallest absolute Gasteiger partial charge is 0.103 e. The minimum absolute atomic E-state index is 0.0968. The Kier molecular flexibility index (Phi) is 6.15. The summed E-state index contributed by atoms with van der Waals surface area (Å²) < 4.78 is 5.41. The Morgan fingerprint density at radius 3 is 2.74 bits per heavy atom. The number of furan rings is 1. The van der Waals surface area contributed by atoms with Crippen LogP contribution in [0.4, 0.5) is 0 Å². The molecule has 2 N–H and O–H groups in total. The molecule has 1 saturated heterocycles. The van der Waals surface area contributed by atoms with Crippen LogP contribution >= 0.6 is 0 Å². The third-order valence-corrected chi connectivity index (χ3v) is 5.62. The van der Waals surface area contributed by atoms with Gasteiger partial charge in [-0.3, -0.25) is 4.90 Å². The third kappa shape index (κ3) is 4.82. The van der Waals surface area contributed by atoms with E-state index >= 15 is 0 Å². The first-order valence-corrected chi connectivity index (χ1v) is 9.43. The summed E-state index contributed by atoms with van der Waals surface area (Å²) in [6, 6.07) is 5.58. The molecule has 1 aromatic heterocycles. The first kappa shape index (κ1) is 17.0. The van der Waals surface area contributed by atoms with Gasteiger partial charge in [-0.15, -0.1) is 0 Å². The molecule has 0 amide bonds. The molecule has 4 heteroatoms. The number of hydrogen-bond donors (Lipinski definition) is 2. The number of likely N-dealkylation sites (tertiary alicyclic amines) is 1. The summed E-state index contributed by atoms with van der Waals surface area (Å²) in [4.78, 5) is 2.54. The van der Waals surface area contributed by atoms with Crippen molar-refractivity contribution in [3.05, 3.63) is 24.2 Å². The molecule has 0 aromatic carbocycles. The summed E-state index contributed by atoms with van der Waals surface area (Å²) in [7, 11) is 0. The highest BCUT2D eigenvalue weighted by Crippen LogP contribution is 2.26. The summed E-state index contributed by atoms with van der Waals surface area (Å²) in [6.45, 7) is 4.54. The maximum absolute atomic E-state index is 10.2. The minimum atomic E-state index is -0.0968. The van der Waals surface area contributed by atoms with Crippen molar-refractivity contribution in [2.75, 3.05) is 13.1 Å². The number of aliphatic hydroxyl groups excluding tert-OH is 1. The lowest BCUT2D eigenvalue weighted by Crippen LogP contribution is -2.52. The van der Waals surface area contributed by atoms with Gasteiger partial charge in [0.2, 0.25) is 0 Å². The van der Waals surface area contributed by atoms with Crippen LogP contribution in [0.25, 0.3) is 0 Å². The molecule has 2 aliphatic rings. The second kappa shape index (κ2) is 8.32. The van der Waals surface area contributed by atoms with E-state index in [1.54, 1.807) is 6.26 Å². The van der Waals surface area contributed by atoms with Crippen molar-refractivity contribution >= 4 is 0 Å². The Morgan fingerprint density at radius 1 is 1.26 bits per heavy atom. The second-order valence-corrected chi connectivity index (χ2v) is 7.42. The highest BCUT2D eigenvalue weighted by Gasteiger charge is 2.31. The Hall–Kier alpha value is -0.840. The summed E-state index contributed by atoms with van der Waals surface area (Å²) in [6.07, 6.45) is 10.8. The summed E-state index contributed by atoms with van der Waals surface area (Å²) in [5.41, 5.74) is 0. The fourth-order valence-corrected chi connectivity index (χ4v) is 4.21. The number of aryl methyl sites for hydroxylation is 1. The van der Waals surface area contributed by atoms with Crippen molar-refractivity contribution < 1.29 is 9.52 Å². The average molecular weight is 320 g/mol. The van der Waals surface area contributed by atoms with E-state index in [-0.39, 0.29) is 6.10 Å². The molecule has 1 aliphatic carbocycles. The Labute approximate surface area is 140 Å². The van der Waals surface area contributed by atoms with Gasteiger partial charge in [0.25, 0.3) is 0 Å². The van der Waals surface area contributed by atoms with Crippen LogP contribution in [0.1, 0.15) is 57.6 Å². The quantitative estimate of drug-likeness (QED) is 0.846. The van der Waals surface area contributed by atoms with Crippen LogP contribution in [-0.2, 0) is 6.42 Å². The Morgan fingerprint density at radius 2 is 2.04 bits per heavy atom. The zero-order valence-corrected chi connectivity index (χ0v) is 14.4. The van der Waals surface area contributed by atoms with Gasteiger partial charge in [-0.1, -0.05) is 12.8 Å². The highest BCUT2D eigenvalue weighted by molar-refractivity contribution is 4.98. The molecule has 0 radical (unpaired) electrons. The topological polar surface area (TPSA) is 48.6 Å². The van der Waals surface area contributed by atoms with Gasteiger partial charge in [-0.05, 0) is 51.2 Å². The Bertz CT molecular complexity index is 440. The number of piperidine rings is 1. The lowest BCUT2D eigenvalue weighted by molar-refractivity contribution is 0.00667. The first-order chi connectivity index (χ1) is 11.2. The number of nitrogens with zero attached hydrogens (tertiary/aromatic N) is 1. The average Bonchev–Trinajstić information content (AvgIpc) is 3.08. The first-order valence-electron chi connectivity index (χ1n) is 9.43. The molecule has 1 saturated carbocycles. The van der Waals surface area contributed by atoms with Gasteiger partial charge in [0.05, 0.1) is 12.4 Å². The molecule has 1 aliphatic heterocycles. The van der Waals surface area contributed by atoms with Gasteiger partial charge >= 0.3 is 0 Å². The predicted molar refractivity (Wildman–Crippen MR) is 92.5 cm³/mol. The van der Waals surface area contributed by atoms with E-state index in [2.05, 4.69) is 23.2 Å². The molecule has 0 spiro atoms. The highest BCUT2D eigenvalue weighted by atomic mass is 16.3. The molecule has 1 aromatic rings. The maximum atomic E-state index is 10.2. The van der Waals surface area contributed by atoms with E-state index in [0.29, 0.717) is 18.1 Å². The van der Waals surface area contributed by atoms with Crippen molar-refractivity contribution in [1.82, 2.24) is 10.2 Å². The zero-order chi connectivity index (χ0) is 16.1. The standard InChI is InChI=1S/C19H32N2O2/c1-15(8-9-17-5-4-14-23-17)20-16-10-12-21(13-11-16)18-6-2-3-7-19(18)22/h4-5,14-16,18-20,22H,2-3,6-13H2,1H3/t15-,18-,19-/m1/s1. The SMILES string of the molecule is C[C@H](CCc1ccco1)NC1CCN([C@@H]2CCCC[C@H]2O)CC1. The van der Waals surface area contributed by atoms with Crippen LogP contribution in [0.15, 0.2) is 22.8 Å². The van der Waals surface area contributed by atoms with Crippen LogP contribution in [0, 0.1) is 0 Å². The molecule has 2 heterocycles. The van der Waals surface area contributed by atoms with Crippen LogP contribution in [0.3, 0.4) is 0 Å². The van der Waals surface area contributed by atoms with E-state index in [4.69, 9.17) is 4.42 Å². The Balaban J connectivity index is 1.37. The van der Waals surface area contributed by atoms with Gasteiger partial charge in [0.1, 0.15) is 5.76 Å². The zero-order valence-electron chi connectivity index (χ0n) is 14.4. The van der Waals surface area contributed by atoms with Crippen molar-refractivity contribution in [1.29, 1.82) is 0 Å². The maximum Gasteiger partial charge on any atom is 0.103 e. The normalized spacial score (nSPS) is 28.8. The molecule has 130 valence electrons. The largest absolute Gasteiger partial charge is 0.469 e. The van der Waals surface area contributed by atoms with E-state index in [9.17, 15) is 5.11 Å². The number of hydrogen-bond acceptors (Lipinski definition) is 4. The minimum Gasteiger partial charge on any atom is -0.469 e.